The number of H-pyrrole nitrogens is 1. The molecule has 2 aromatic carbocycles. The summed E-state index contributed by atoms with van der Waals surface area (Å²) in [6.45, 7) is 6.96. The number of ketones is 1. The summed E-state index contributed by atoms with van der Waals surface area (Å²) in [5.74, 6) is 0.741. The van der Waals surface area contributed by atoms with Gasteiger partial charge in [0, 0.05) is 24.9 Å². The molecule has 0 spiro atoms. The number of thiazole rings is 1. The summed E-state index contributed by atoms with van der Waals surface area (Å²) in [5, 5.41) is 4.01. The van der Waals surface area contributed by atoms with Crippen LogP contribution in [0.5, 0.6) is 0 Å². The number of aromatic nitrogens is 3. The molecule has 1 aliphatic heterocycles. The fraction of sp³-hybridized carbons (Fsp3) is 0.448. The number of hydrogen-bond acceptors (Lipinski definition) is 6. The van der Waals surface area contributed by atoms with E-state index < -0.39 is 6.04 Å². The summed E-state index contributed by atoms with van der Waals surface area (Å²) in [7, 11) is 0. The summed E-state index contributed by atoms with van der Waals surface area (Å²) in [5.41, 5.74) is 3.91. The smallest absolute Gasteiger partial charge is 0.225 e. The number of imidazole rings is 1. The minimum absolute atomic E-state index is 0.00217. The van der Waals surface area contributed by atoms with Crippen molar-refractivity contribution in [2.75, 3.05) is 11.9 Å². The molecule has 1 saturated heterocycles. The van der Waals surface area contributed by atoms with Gasteiger partial charge >= 0.3 is 0 Å². The Morgan fingerprint density at radius 2 is 1.97 bits per heavy atom. The van der Waals surface area contributed by atoms with E-state index in [1.54, 1.807) is 0 Å². The van der Waals surface area contributed by atoms with E-state index in [0.29, 0.717) is 5.13 Å². The number of piperidine rings is 1. The number of carbonyl (C=O) groups is 2. The van der Waals surface area contributed by atoms with E-state index in [2.05, 4.69) is 22.2 Å². The zero-order chi connectivity index (χ0) is 25.9. The highest BCUT2D eigenvalue weighted by Crippen LogP contribution is 2.29. The quantitative estimate of drug-likeness (QED) is 0.276. The number of rotatable bonds is 9. The third-order valence-corrected chi connectivity index (χ3v) is 8.45. The number of anilines is 1. The summed E-state index contributed by atoms with van der Waals surface area (Å²) in [6, 6.07) is 13.6. The number of nitrogens with one attached hydrogen (secondary N) is 2. The lowest BCUT2D eigenvalue weighted by Gasteiger charge is -2.36. The average Bonchev–Trinajstić information content (AvgIpc) is 3.53. The van der Waals surface area contributed by atoms with Crippen molar-refractivity contribution in [3.05, 3.63) is 53.9 Å². The lowest BCUT2D eigenvalue weighted by atomic mass is 9.95. The van der Waals surface area contributed by atoms with Gasteiger partial charge in [0.15, 0.2) is 10.9 Å². The molecule has 37 heavy (non-hydrogen) atoms. The number of carbonyl (C=O) groups excluding carboxylic acids is 2. The zero-order valence-corrected chi connectivity index (χ0v) is 22.6. The molecular weight excluding hydrogens is 482 g/mol. The van der Waals surface area contributed by atoms with Gasteiger partial charge in [-0.1, -0.05) is 49.4 Å². The van der Waals surface area contributed by atoms with Crippen LogP contribution >= 0.6 is 11.3 Å². The van der Waals surface area contributed by atoms with Crippen molar-refractivity contribution < 1.29 is 9.59 Å². The van der Waals surface area contributed by atoms with Crippen molar-refractivity contribution in [2.45, 2.75) is 77.3 Å². The molecule has 2 N–H and O–H groups in total. The van der Waals surface area contributed by atoms with Crippen molar-refractivity contribution in [2.24, 2.45) is 0 Å². The number of aromatic amines is 1. The highest BCUT2D eigenvalue weighted by molar-refractivity contribution is 7.22. The Bertz CT molecular complexity index is 1380. The first-order chi connectivity index (χ1) is 17.9. The number of likely N-dealkylation sites (tertiary alicyclic amines) is 1. The van der Waals surface area contributed by atoms with Crippen LogP contribution in [-0.2, 0) is 9.59 Å². The second-order valence-electron chi connectivity index (χ2n) is 10.2. The van der Waals surface area contributed by atoms with Gasteiger partial charge in [0.25, 0.3) is 0 Å². The van der Waals surface area contributed by atoms with Gasteiger partial charge in [-0.2, -0.15) is 0 Å². The highest BCUT2D eigenvalue weighted by atomic mass is 32.1. The van der Waals surface area contributed by atoms with Crippen LogP contribution in [0, 0.1) is 6.92 Å². The largest absolute Gasteiger partial charge is 0.351 e. The first-order valence-corrected chi connectivity index (χ1v) is 14.1. The molecule has 3 atom stereocenters. The van der Waals surface area contributed by atoms with E-state index in [0.717, 1.165) is 64.9 Å². The predicted octanol–water partition coefficient (Wildman–Crippen LogP) is 6.21. The molecule has 0 saturated carbocycles. The van der Waals surface area contributed by atoms with Gasteiger partial charge in [-0.25, -0.2) is 9.97 Å². The molecule has 0 aliphatic carbocycles. The molecular formula is C29H35N5O2S. The molecule has 5 rings (SSSR count). The van der Waals surface area contributed by atoms with Crippen molar-refractivity contribution in [3.63, 3.8) is 0 Å². The van der Waals surface area contributed by atoms with Crippen LogP contribution in [0.3, 0.4) is 0 Å². The summed E-state index contributed by atoms with van der Waals surface area (Å²) < 4.78 is 1.05. The van der Waals surface area contributed by atoms with Crippen LogP contribution in [0.15, 0.2) is 42.5 Å². The number of Topliss-reactive ketones (excluding diaryl/α,β-unsaturated/α-hetero) is 1. The first kappa shape index (κ1) is 25.4. The van der Waals surface area contributed by atoms with Crippen LogP contribution in [0.2, 0.25) is 0 Å². The Morgan fingerprint density at radius 3 is 2.76 bits per heavy atom. The minimum Gasteiger partial charge on any atom is -0.351 e. The van der Waals surface area contributed by atoms with E-state index in [4.69, 9.17) is 4.98 Å². The number of amides is 1. The molecule has 8 heteroatoms. The lowest BCUT2D eigenvalue weighted by Crippen LogP contribution is -2.46. The maximum atomic E-state index is 13.7. The molecule has 194 valence electrons. The molecule has 1 aliphatic rings. The monoisotopic (exact) mass is 517 g/mol. The van der Waals surface area contributed by atoms with E-state index in [1.807, 2.05) is 61.2 Å². The van der Waals surface area contributed by atoms with Crippen molar-refractivity contribution >= 4 is 49.4 Å². The summed E-state index contributed by atoms with van der Waals surface area (Å²) in [6.07, 6.45) is 4.58. The number of nitrogens with zero attached hydrogens (tertiary/aromatic N) is 3. The Kier molecular flexibility index (Phi) is 7.55. The van der Waals surface area contributed by atoms with Gasteiger partial charge in [-0.3, -0.25) is 9.59 Å². The first-order valence-electron chi connectivity index (χ1n) is 13.3. The average molecular weight is 518 g/mol. The van der Waals surface area contributed by atoms with E-state index in [9.17, 15) is 9.59 Å². The Morgan fingerprint density at radius 1 is 1.14 bits per heavy atom. The fourth-order valence-corrected chi connectivity index (χ4v) is 6.26. The molecule has 2 aromatic heterocycles. The number of para-hydroxylation sites is 2. The van der Waals surface area contributed by atoms with Gasteiger partial charge in [0.1, 0.15) is 5.82 Å². The summed E-state index contributed by atoms with van der Waals surface area (Å²) >= 11 is 1.51. The van der Waals surface area contributed by atoms with E-state index >= 15 is 0 Å². The maximum absolute atomic E-state index is 13.7. The molecule has 3 heterocycles. The standard InChI is InChI=1S/C29H35N5O2S/c1-4-20-11-7-8-15-34(20)26(36)17-23(32-29-31-21-12-5-6-14-25(21)37-29)24(35)16-19(3)28-30-22-13-9-10-18(2)27(22)33-28/h5-6,9-10,12-14,19-20,23H,4,7-8,11,15-17H2,1-3H3,(H,30,33)(H,31,32)/t19-,20+,23+/m1/s1. The van der Waals surface area contributed by atoms with Gasteiger partial charge < -0.3 is 15.2 Å². The van der Waals surface area contributed by atoms with Crippen LogP contribution < -0.4 is 5.32 Å². The van der Waals surface area contributed by atoms with Crippen LogP contribution in [0.4, 0.5) is 5.13 Å². The molecule has 0 radical (unpaired) electrons. The molecule has 0 bridgehead atoms. The molecule has 7 nitrogen and oxygen atoms in total. The minimum atomic E-state index is -0.638. The van der Waals surface area contributed by atoms with Gasteiger partial charge in [-0.05, 0) is 56.4 Å². The fourth-order valence-electron chi connectivity index (χ4n) is 5.34. The van der Waals surface area contributed by atoms with Gasteiger partial charge in [-0.15, -0.1) is 0 Å². The van der Waals surface area contributed by atoms with Crippen LogP contribution in [0.25, 0.3) is 21.3 Å². The number of fused-ring (bicyclic) bond motifs is 2. The summed E-state index contributed by atoms with van der Waals surface area (Å²) in [4.78, 5) is 42.0. The predicted molar refractivity (Wildman–Crippen MR) is 150 cm³/mol. The van der Waals surface area contributed by atoms with Crippen molar-refractivity contribution in [3.8, 4) is 0 Å². The lowest BCUT2D eigenvalue weighted by molar-refractivity contribution is -0.137. The number of benzene rings is 2. The number of hydrogen-bond donors (Lipinski definition) is 2. The molecule has 4 aromatic rings. The van der Waals surface area contributed by atoms with Crippen LogP contribution in [-0.4, -0.2) is 50.2 Å². The third-order valence-electron chi connectivity index (χ3n) is 7.48. The van der Waals surface area contributed by atoms with Crippen LogP contribution in [0.1, 0.15) is 69.7 Å². The molecule has 1 amide bonds. The van der Waals surface area contributed by atoms with Gasteiger partial charge in [0.2, 0.25) is 5.91 Å². The van der Waals surface area contributed by atoms with E-state index in [1.165, 1.54) is 11.3 Å². The Hall–Kier alpha value is -3.26. The third kappa shape index (κ3) is 5.54. The Balaban J connectivity index is 1.36. The van der Waals surface area contributed by atoms with E-state index in [-0.39, 0.29) is 36.5 Å². The zero-order valence-electron chi connectivity index (χ0n) is 21.8. The van der Waals surface area contributed by atoms with Crippen molar-refractivity contribution in [1.29, 1.82) is 0 Å². The normalized spacial score (nSPS) is 17.7. The second-order valence-corrected chi connectivity index (χ2v) is 11.2. The SMILES string of the molecule is CC[C@H]1CCCCN1C(=O)C[C@H](Nc1nc2ccccc2s1)C(=O)C[C@@H](C)c1nc2c(C)cccc2[nH]1. The topological polar surface area (TPSA) is 91.0 Å². The van der Waals surface area contributed by atoms with Gasteiger partial charge in [0.05, 0.1) is 33.7 Å². The maximum Gasteiger partial charge on any atom is 0.225 e. The second kappa shape index (κ2) is 11.0. The van der Waals surface area contributed by atoms with Crippen molar-refractivity contribution in [1.82, 2.24) is 19.9 Å². The highest BCUT2D eigenvalue weighted by Gasteiger charge is 2.31. The Labute approximate surface area is 221 Å². The molecule has 0 unspecified atom stereocenters. The molecule has 1 fully saturated rings. The number of aryl methyl sites for hydroxylation is 1.